The first-order chi connectivity index (χ1) is 6.57. The fraction of sp³-hybridized carbons (Fsp3) is 0.364. The lowest BCUT2D eigenvalue weighted by Crippen LogP contribution is -2.26. The Bertz CT molecular complexity index is 365. The summed E-state index contributed by atoms with van der Waals surface area (Å²) in [7, 11) is 0. The van der Waals surface area contributed by atoms with Gasteiger partial charge in [0.1, 0.15) is 9.91 Å². The minimum Gasteiger partial charge on any atom is -0.293 e. The predicted octanol–water partition coefficient (Wildman–Crippen LogP) is 2.73. The molecule has 0 unspecified atom stereocenters. The Morgan fingerprint density at radius 1 is 1.21 bits per heavy atom. The van der Waals surface area contributed by atoms with Crippen LogP contribution in [0.2, 0.25) is 0 Å². The molecule has 0 atom stereocenters. The predicted molar refractivity (Wildman–Crippen MR) is 62.5 cm³/mol. The molecular weight excluding hydrogens is 192 g/mol. The van der Waals surface area contributed by atoms with Crippen molar-refractivity contribution in [3.8, 4) is 0 Å². The molecule has 74 valence electrons. The van der Waals surface area contributed by atoms with E-state index in [-0.39, 0.29) is 4.87 Å². The van der Waals surface area contributed by atoms with Gasteiger partial charge in [0.25, 0.3) is 0 Å². The topological polar surface area (TPSA) is 24.4 Å². The van der Waals surface area contributed by atoms with E-state index in [1.807, 2.05) is 0 Å². The first kappa shape index (κ1) is 9.59. The summed E-state index contributed by atoms with van der Waals surface area (Å²) in [6, 6.07) is 8.46. The van der Waals surface area contributed by atoms with Crippen molar-refractivity contribution in [3.05, 3.63) is 35.4 Å². The second kappa shape index (κ2) is 3.31. The van der Waals surface area contributed by atoms with Gasteiger partial charge < -0.3 is 0 Å². The molecule has 0 saturated carbocycles. The van der Waals surface area contributed by atoms with E-state index in [1.165, 1.54) is 11.1 Å². The van der Waals surface area contributed by atoms with Crippen LogP contribution >= 0.6 is 11.8 Å². The summed E-state index contributed by atoms with van der Waals surface area (Å²) in [6.07, 6.45) is 0. The van der Waals surface area contributed by atoms with Crippen molar-refractivity contribution in [2.45, 2.75) is 25.6 Å². The van der Waals surface area contributed by atoms with Crippen LogP contribution in [0.5, 0.6) is 0 Å². The fourth-order valence-corrected chi connectivity index (χ4v) is 2.21. The zero-order chi connectivity index (χ0) is 10.2. The lowest BCUT2D eigenvalue weighted by molar-refractivity contribution is 0.582. The first-order valence-electron chi connectivity index (χ1n) is 4.68. The van der Waals surface area contributed by atoms with E-state index in [0.29, 0.717) is 0 Å². The largest absolute Gasteiger partial charge is 0.293 e. The lowest BCUT2D eigenvalue weighted by Gasteiger charge is -2.14. The van der Waals surface area contributed by atoms with Crippen molar-refractivity contribution in [2.75, 3.05) is 0 Å². The molecule has 1 aliphatic rings. The molecule has 0 bridgehead atoms. The molecule has 2 nitrogen and oxygen atoms in total. The zero-order valence-electron chi connectivity index (χ0n) is 8.66. The SMILES string of the molecule is Cc1ccc(C2=NNC(C)(C)S2)cc1. The number of thioether (sulfide) groups is 1. The highest BCUT2D eigenvalue weighted by atomic mass is 32.2. The van der Waals surface area contributed by atoms with Crippen molar-refractivity contribution in [2.24, 2.45) is 5.10 Å². The molecule has 0 aromatic heterocycles. The minimum absolute atomic E-state index is 0.0280. The van der Waals surface area contributed by atoms with Crippen LogP contribution in [0.4, 0.5) is 0 Å². The molecule has 0 amide bonds. The van der Waals surface area contributed by atoms with Gasteiger partial charge >= 0.3 is 0 Å². The van der Waals surface area contributed by atoms with Crippen LogP contribution in [0.25, 0.3) is 0 Å². The van der Waals surface area contributed by atoms with Gasteiger partial charge in [-0.25, -0.2) is 0 Å². The Hall–Kier alpha value is -0.960. The smallest absolute Gasteiger partial charge is 0.126 e. The Morgan fingerprint density at radius 2 is 1.86 bits per heavy atom. The second-order valence-corrected chi connectivity index (χ2v) is 5.62. The van der Waals surface area contributed by atoms with E-state index in [9.17, 15) is 0 Å². The Balaban J connectivity index is 2.22. The number of nitrogens with zero attached hydrogens (tertiary/aromatic N) is 1. The van der Waals surface area contributed by atoms with Gasteiger partial charge in [-0.05, 0) is 20.8 Å². The van der Waals surface area contributed by atoms with Crippen LogP contribution in [0.3, 0.4) is 0 Å². The first-order valence-corrected chi connectivity index (χ1v) is 5.49. The summed E-state index contributed by atoms with van der Waals surface area (Å²) < 4.78 is 0. The van der Waals surface area contributed by atoms with Crippen molar-refractivity contribution < 1.29 is 0 Å². The highest BCUT2D eigenvalue weighted by molar-refractivity contribution is 8.15. The third kappa shape index (κ3) is 1.93. The molecule has 1 N–H and O–H groups in total. The highest BCUT2D eigenvalue weighted by Gasteiger charge is 2.27. The highest BCUT2D eigenvalue weighted by Crippen LogP contribution is 2.30. The van der Waals surface area contributed by atoms with Gasteiger partial charge in [0.15, 0.2) is 0 Å². The zero-order valence-corrected chi connectivity index (χ0v) is 9.48. The molecule has 0 aliphatic carbocycles. The maximum atomic E-state index is 4.32. The number of hydrogen-bond donors (Lipinski definition) is 1. The Morgan fingerprint density at radius 3 is 2.36 bits per heavy atom. The van der Waals surface area contributed by atoms with Crippen molar-refractivity contribution >= 4 is 16.8 Å². The summed E-state index contributed by atoms with van der Waals surface area (Å²) in [5.41, 5.74) is 5.59. The summed E-state index contributed by atoms with van der Waals surface area (Å²) in [4.78, 5) is 0.0280. The van der Waals surface area contributed by atoms with Crippen LogP contribution in [0.1, 0.15) is 25.0 Å². The average Bonchev–Trinajstić information content (AvgIpc) is 2.47. The molecule has 1 heterocycles. The molecule has 1 aromatic rings. The molecule has 0 fully saturated rings. The minimum atomic E-state index is 0.0280. The van der Waals surface area contributed by atoms with Crippen LogP contribution in [-0.2, 0) is 0 Å². The molecule has 1 aromatic carbocycles. The molecule has 0 saturated heterocycles. The van der Waals surface area contributed by atoms with Crippen molar-refractivity contribution in [1.82, 2.24) is 5.43 Å². The number of rotatable bonds is 1. The van der Waals surface area contributed by atoms with Gasteiger partial charge in [-0.15, -0.1) is 0 Å². The maximum absolute atomic E-state index is 4.32. The van der Waals surface area contributed by atoms with E-state index in [0.717, 1.165) is 5.04 Å². The Kier molecular flexibility index (Phi) is 2.27. The molecule has 1 aliphatic heterocycles. The molecule has 0 spiro atoms. The van der Waals surface area contributed by atoms with Crippen LogP contribution in [-0.4, -0.2) is 9.91 Å². The Labute approximate surface area is 88.8 Å². The van der Waals surface area contributed by atoms with Gasteiger partial charge in [0, 0.05) is 5.56 Å². The van der Waals surface area contributed by atoms with Gasteiger partial charge in [-0.3, -0.25) is 5.43 Å². The van der Waals surface area contributed by atoms with Crippen molar-refractivity contribution in [1.29, 1.82) is 0 Å². The van der Waals surface area contributed by atoms with E-state index < -0.39 is 0 Å². The normalized spacial score (nSPS) is 18.9. The number of hydrazone groups is 1. The lowest BCUT2D eigenvalue weighted by atomic mass is 10.2. The van der Waals surface area contributed by atoms with Crippen LogP contribution in [0, 0.1) is 6.92 Å². The monoisotopic (exact) mass is 206 g/mol. The third-order valence-corrected chi connectivity index (χ3v) is 3.20. The molecule has 2 rings (SSSR count). The number of hydrogen-bond acceptors (Lipinski definition) is 3. The van der Waals surface area contributed by atoms with Crippen LogP contribution in [0.15, 0.2) is 29.4 Å². The average molecular weight is 206 g/mol. The molecule has 14 heavy (non-hydrogen) atoms. The van der Waals surface area contributed by atoms with Crippen molar-refractivity contribution in [3.63, 3.8) is 0 Å². The van der Waals surface area contributed by atoms with Crippen LogP contribution < -0.4 is 5.43 Å². The second-order valence-electron chi connectivity index (χ2n) is 4.01. The maximum Gasteiger partial charge on any atom is 0.126 e. The number of aryl methyl sites for hydroxylation is 1. The van der Waals surface area contributed by atoms with E-state index in [1.54, 1.807) is 11.8 Å². The van der Waals surface area contributed by atoms with E-state index in [2.05, 4.69) is 55.6 Å². The fourth-order valence-electron chi connectivity index (χ4n) is 1.29. The standard InChI is InChI=1S/C11H14N2S/c1-8-4-6-9(7-5-8)10-12-13-11(2,3)14-10/h4-7,13H,1-3H3. The molecular formula is C11H14N2S. The summed E-state index contributed by atoms with van der Waals surface area (Å²) in [6.45, 7) is 6.35. The van der Waals surface area contributed by atoms with Gasteiger partial charge in [-0.2, -0.15) is 5.10 Å². The molecule has 0 radical (unpaired) electrons. The van der Waals surface area contributed by atoms with Gasteiger partial charge in [0.2, 0.25) is 0 Å². The third-order valence-electron chi connectivity index (χ3n) is 2.08. The number of nitrogens with one attached hydrogen (secondary N) is 1. The summed E-state index contributed by atoms with van der Waals surface area (Å²) in [5, 5.41) is 5.40. The number of benzene rings is 1. The summed E-state index contributed by atoms with van der Waals surface area (Å²) in [5.74, 6) is 0. The quantitative estimate of drug-likeness (QED) is 0.764. The van der Waals surface area contributed by atoms with E-state index in [4.69, 9.17) is 0 Å². The van der Waals surface area contributed by atoms with Gasteiger partial charge in [-0.1, -0.05) is 41.6 Å². The summed E-state index contributed by atoms with van der Waals surface area (Å²) >= 11 is 1.77. The van der Waals surface area contributed by atoms with E-state index >= 15 is 0 Å². The van der Waals surface area contributed by atoms with Gasteiger partial charge in [0.05, 0.1) is 0 Å². The molecule has 3 heteroatoms.